The first-order valence-corrected chi connectivity index (χ1v) is 11.8. The third-order valence-electron chi connectivity index (χ3n) is 5.77. The summed E-state index contributed by atoms with van der Waals surface area (Å²) < 4.78 is 10.8. The van der Waals surface area contributed by atoms with Crippen molar-refractivity contribution in [3.63, 3.8) is 0 Å². The minimum absolute atomic E-state index is 0.445. The zero-order valence-electron chi connectivity index (χ0n) is 20.9. The van der Waals surface area contributed by atoms with Crippen LogP contribution in [0.2, 0.25) is 0 Å². The first-order valence-electron chi connectivity index (χ1n) is 11.8. The molecule has 2 heterocycles. The Balaban J connectivity index is 1.44. The molecule has 1 aromatic heterocycles. The fourth-order valence-corrected chi connectivity index (χ4v) is 4.11. The van der Waals surface area contributed by atoms with Crippen molar-refractivity contribution in [1.29, 1.82) is 0 Å². The van der Waals surface area contributed by atoms with Gasteiger partial charge in [-0.05, 0) is 79.1 Å². The molecule has 1 aliphatic heterocycles. The van der Waals surface area contributed by atoms with E-state index in [0.717, 1.165) is 39.0 Å². The van der Waals surface area contributed by atoms with E-state index in [1.54, 1.807) is 0 Å². The summed E-state index contributed by atoms with van der Waals surface area (Å²) in [4.78, 5) is 21.5. The van der Waals surface area contributed by atoms with E-state index in [2.05, 4.69) is 62.6 Å². The number of carbonyl (C=O) groups is 1. The van der Waals surface area contributed by atoms with Crippen molar-refractivity contribution in [1.82, 2.24) is 25.3 Å². The Morgan fingerprint density at radius 2 is 1.85 bits per heavy atom. The maximum atomic E-state index is 12.1. The largest absolute Gasteiger partial charge is 0.444 e. The molecular weight excluding hydrogens is 418 g/mol. The minimum atomic E-state index is -0.791. The van der Waals surface area contributed by atoms with Crippen LogP contribution in [-0.2, 0) is 23.4 Å². The summed E-state index contributed by atoms with van der Waals surface area (Å²) in [5, 5.41) is 6.93. The van der Waals surface area contributed by atoms with Crippen molar-refractivity contribution in [2.75, 3.05) is 26.7 Å². The lowest BCUT2D eigenvalue weighted by molar-refractivity contribution is 0.0465. The number of carbonyl (C=O) groups excluding carboxylic acids is 1. The van der Waals surface area contributed by atoms with Crippen molar-refractivity contribution < 1.29 is 14.1 Å². The Bertz CT molecular complexity index is 883. The van der Waals surface area contributed by atoms with Crippen LogP contribution in [0, 0.1) is 5.92 Å². The molecule has 1 aromatic carbocycles. The number of likely N-dealkylation sites (tertiary alicyclic amines) is 1. The fraction of sp³-hybridized carbons (Fsp3) is 0.640. The van der Waals surface area contributed by atoms with E-state index in [1.807, 2.05) is 34.6 Å². The smallest absolute Gasteiger partial charge is 0.408 e. The first-order chi connectivity index (χ1) is 15.5. The van der Waals surface area contributed by atoms with Crippen LogP contribution in [0.5, 0.6) is 0 Å². The van der Waals surface area contributed by atoms with Crippen molar-refractivity contribution in [3.05, 3.63) is 47.6 Å². The van der Waals surface area contributed by atoms with Gasteiger partial charge in [-0.15, -0.1) is 0 Å². The fourth-order valence-electron chi connectivity index (χ4n) is 4.11. The Kier molecular flexibility index (Phi) is 8.13. The molecule has 0 atom stereocenters. The predicted octanol–water partition coefficient (Wildman–Crippen LogP) is 4.17. The molecule has 1 aliphatic rings. The van der Waals surface area contributed by atoms with Gasteiger partial charge in [0.05, 0.1) is 6.54 Å². The van der Waals surface area contributed by atoms with Crippen LogP contribution in [0.15, 0.2) is 34.9 Å². The zero-order chi connectivity index (χ0) is 24.1. The lowest BCUT2D eigenvalue weighted by Crippen LogP contribution is -2.44. The van der Waals surface area contributed by atoms with Crippen molar-refractivity contribution >= 4 is 6.09 Å². The normalized spacial score (nSPS) is 16.2. The number of piperidine rings is 1. The SMILES string of the molecule is CN(Cc1ccccc1)CC1CCN(Cc2nc(C(C)(C)NC(=O)OC(C)(C)C)no2)CC1. The molecule has 1 saturated heterocycles. The van der Waals surface area contributed by atoms with E-state index < -0.39 is 17.2 Å². The van der Waals surface area contributed by atoms with E-state index in [-0.39, 0.29) is 0 Å². The second kappa shape index (κ2) is 10.7. The van der Waals surface area contributed by atoms with Gasteiger partial charge in [0.2, 0.25) is 5.89 Å². The number of hydrogen-bond donors (Lipinski definition) is 1. The summed E-state index contributed by atoms with van der Waals surface area (Å²) in [7, 11) is 2.20. The van der Waals surface area contributed by atoms with Crippen molar-refractivity contribution in [3.8, 4) is 0 Å². The minimum Gasteiger partial charge on any atom is -0.444 e. The molecule has 0 spiro atoms. The van der Waals surface area contributed by atoms with Crippen LogP contribution in [0.3, 0.4) is 0 Å². The van der Waals surface area contributed by atoms with E-state index in [0.29, 0.717) is 24.2 Å². The summed E-state index contributed by atoms with van der Waals surface area (Å²) in [5.74, 6) is 1.72. The average molecular weight is 458 g/mol. The molecule has 1 fully saturated rings. The summed E-state index contributed by atoms with van der Waals surface area (Å²) in [5.41, 5.74) is -0.000395. The molecule has 0 saturated carbocycles. The summed E-state index contributed by atoms with van der Waals surface area (Å²) >= 11 is 0. The van der Waals surface area contributed by atoms with E-state index >= 15 is 0 Å². The number of benzene rings is 1. The van der Waals surface area contributed by atoms with Gasteiger partial charge >= 0.3 is 6.09 Å². The molecular formula is C25H39N5O3. The Morgan fingerprint density at radius 1 is 1.18 bits per heavy atom. The van der Waals surface area contributed by atoms with Crippen LogP contribution < -0.4 is 5.32 Å². The highest BCUT2D eigenvalue weighted by Gasteiger charge is 2.31. The quantitative estimate of drug-likeness (QED) is 0.637. The topological polar surface area (TPSA) is 83.7 Å². The lowest BCUT2D eigenvalue weighted by atomic mass is 9.96. The van der Waals surface area contributed by atoms with Crippen LogP contribution in [-0.4, -0.2) is 58.3 Å². The highest BCUT2D eigenvalue weighted by atomic mass is 16.6. The van der Waals surface area contributed by atoms with Gasteiger partial charge in [0.15, 0.2) is 5.82 Å². The third kappa shape index (κ3) is 8.12. The number of rotatable bonds is 8. The first kappa shape index (κ1) is 25.2. The Hall–Kier alpha value is -2.45. The van der Waals surface area contributed by atoms with Crippen LogP contribution in [0.1, 0.15) is 64.7 Å². The molecule has 8 nitrogen and oxygen atoms in total. The maximum absolute atomic E-state index is 12.1. The van der Waals surface area contributed by atoms with Gasteiger partial charge in [0.25, 0.3) is 0 Å². The lowest BCUT2D eigenvalue weighted by Gasteiger charge is -2.33. The molecule has 0 bridgehead atoms. The average Bonchev–Trinajstić information content (AvgIpc) is 3.18. The number of hydrogen-bond acceptors (Lipinski definition) is 7. The maximum Gasteiger partial charge on any atom is 0.408 e. The molecule has 8 heteroatoms. The highest BCUT2D eigenvalue weighted by Crippen LogP contribution is 2.22. The summed E-state index contributed by atoms with van der Waals surface area (Å²) in [6.07, 6.45) is 1.82. The molecule has 3 rings (SSSR count). The molecule has 0 aliphatic carbocycles. The monoisotopic (exact) mass is 457 g/mol. The molecule has 0 radical (unpaired) electrons. The Labute approximate surface area is 197 Å². The van der Waals surface area contributed by atoms with Gasteiger partial charge in [-0.1, -0.05) is 35.5 Å². The van der Waals surface area contributed by atoms with Gasteiger partial charge in [-0.2, -0.15) is 4.98 Å². The molecule has 0 unspecified atom stereocenters. The van der Waals surface area contributed by atoms with Gasteiger partial charge < -0.3 is 19.5 Å². The number of amides is 1. The van der Waals surface area contributed by atoms with Gasteiger partial charge in [-0.3, -0.25) is 4.90 Å². The predicted molar refractivity (Wildman–Crippen MR) is 127 cm³/mol. The number of ether oxygens (including phenoxy) is 1. The number of nitrogens with zero attached hydrogens (tertiary/aromatic N) is 4. The number of nitrogens with one attached hydrogen (secondary N) is 1. The molecule has 33 heavy (non-hydrogen) atoms. The van der Waals surface area contributed by atoms with E-state index in [9.17, 15) is 4.79 Å². The van der Waals surface area contributed by atoms with Gasteiger partial charge in [0, 0.05) is 13.1 Å². The summed E-state index contributed by atoms with van der Waals surface area (Å²) in [6, 6.07) is 10.6. The molecule has 1 N–H and O–H groups in total. The van der Waals surface area contributed by atoms with Crippen LogP contribution in [0.4, 0.5) is 4.79 Å². The van der Waals surface area contributed by atoms with E-state index in [1.165, 1.54) is 5.56 Å². The molecule has 2 aromatic rings. The second-order valence-electron chi connectivity index (χ2n) is 10.7. The van der Waals surface area contributed by atoms with Crippen molar-refractivity contribution in [2.45, 2.75) is 71.7 Å². The third-order valence-corrected chi connectivity index (χ3v) is 5.77. The number of alkyl carbamates (subject to hydrolysis) is 1. The standard InChI is InChI=1S/C25H39N5O3/c1-24(2,3)32-23(31)27-25(4,5)22-26-21(33-28-22)18-30-14-12-20(13-15-30)17-29(6)16-19-10-8-7-9-11-19/h7-11,20H,12-18H2,1-6H3,(H,27,31). The Morgan fingerprint density at radius 3 is 2.48 bits per heavy atom. The van der Waals surface area contributed by atoms with Gasteiger partial charge in [-0.25, -0.2) is 4.79 Å². The van der Waals surface area contributed by atoms with Crippen molar-refractivity contribution in [2.24, 2.45) is 5.92 Å². The highest BCUT2D eigenvalue weighted by molar-refractivity contribution is 5.68. The second-order valence-corrected chi connectivity index (χ2v) is 10.7. The summed E-state index contributed by atoms with van der Waals surface area (Å²) in [6.45, 7) is 13.9. The van der Waals surface area contributed by atoms with Gasteiger partial charge in [0.1, 0.15) is 11.1 Å². The van der Waals surface area contributed by atoms with Crippen LogP contribution >= 0.6 is 0 Å². The number of aromatic nitrogens is 2. The zero-order valence-corrected chi connectivity index (χ0v) is 20.9. The molecule has 182 valence electrons. The molecule has 1 amide bonds. The van der Waals surface area contributed by atoms with Crippen LogP contribution in [0.25, 0.3) is 0 Å². The van der Waals surface area contributed by atoms with E-state index in [4.69, 9.17) is 9.26 Å².